The first-order valence-electron chi connectivity index (χ1n) is 6.69. The Morgan fingerprint density at radius 3 is 2.63 bits per heavy atom. The van der Waals surface area contributed by atoms with Crippen molar-refractivity contribution in [3.05, 3.63) is 23.8 Å². The standard InChI is InChI=1S/C15H21NO3/c1-18-13-4-3-12(15(10-13)19-2)9-14(17)11-5-7-16-8-6-11/h3-4,10-11,16H,5-9H2,1-2H3. The van der Waals surface area contributed by atoms with Gasteiger partial charge in [-0.15, -0.1) is 0 Å². The molecule has 4 heteroatoms. The summed E-state index contributed by atoms with van der Waals surface area (Å²) in [5.74, 6) is 1.97. The molecule has 104 valence electrons. The van der Waals surface area contributed by atoms with E-state index in [4.69, 9.17) is 9.47 Å². The highest BCUT2D eigenvalue weighted by Crippen LogP contribution is 2.26. The maximum Gasteiger partial charge on any atom is 0.140 e. The van der Waals surface area contributed by atoms with E-state index in [2.05, 4.69) is 5.32 Å². The molecule has 1 aromatic carbocycles. The van der Waals surface area contributed by atoms with Gasteiger partial charge in [-0.3, -0.25) is 4.79 Å². The zero-order valence-corrected chi connectivity index (χ0v) is 11.6. The van der Waals surface area contributed by atoms with Gasteiger partial charge in [0, 0.05) is 24.0 Å². The third kappa shape index (κ3) is 3.47. The van der Waals surface area contributed by atoms with Crippen LogP contribution in [0.5, 0.6) is 11.5 Å². The monoisotopic (exact) mass is 263 g/mol. The smallest absolute Gasteiger partial charge is 0.140 e. The van der Waals surface area contributed by atoms with Crippen molar-refractivity contribution in [2.45, 2.75) is 19.3 Å². The van der Waals surface area contributed by atoms with Crippen LogP contribution < -0.4 is 14.8 Å². The van der Waals surface area contributed by atoms with Crippen molar-refractivity contribution in [1.82, 2.24) is 5.32 Å². The molecule has 0 amide bonds. The van der Waals surface area contributed by atoms with Crippen LogP contribution in [0.25, 0.3) is 0 Å². The molecule has 1 aliphatic heterocycles. The fourth-order valence-corrected chi connectivity index (χ4v) is 2.47. The summed E-state index contributed by atoms with van der Waals surface area (Å²) in [7, 11) is 3.24. The summed E-state index contributed by atoms with van der Waals surface area (Å²) in [5, 5.41) is 3.28. The molecule has 1 heterocycles. The van der Waals surface area contributed by atoms with Gasteiger partial charge in [-0.05, 0) is 32.0 Å². The van der Waals surface area contributed by atoms with Gasteiger partial charge in [-0.2, -0.15) is 0 Å². The summed E-state index contributed by atoms with van der Waals surface area (Å²) in [5.41, 5.74) is 0.937. The first-order chi connectivity index (χ1) is 9.24. The Kier molecular flexibility index (Phi) is 4.80. The molecule has 1 aromatic rings. The van der Waals surface area contributed by atoms with E-state index in [1.165, 1.54) is 0 Å². The molecular weight excluding hydrogens is 242 g/mol. The number of carbonyl (C=O) groups is 1. The lowest BCUT2D eigenvalue weighted by molar-refractivity contribution is -0.122. The van der Waals surface area contributed by atoms with Crippen molar-refractivity contribution >= 4 is 5.78 Å². The first kappa shape index (κ1) is 13.9. The van der Waals surface area contributed by atoms with Gasteiger partial charge in [0.05, 0.1) is 14.2 Å². The van der Waals surface area contributed by atoms with E-state index >= 15 is 0 Å². The van der Waals surface area contributed by atoms with Gasteiger partial charge in [0.25, 0.3) is 0 Å². The van der Waals surface area contributed by atoms with Crippen LogP contribution >= 0.6 is 0 Å². The molecule has 0 saturated carbocycles. The van der Waals surface area contributed by atoms with Crippen molar-refractivity contribution in [3.8, 4) is 11.5 Å². The third-order valence-corrected chi connectivity index (χ3v) is 3.65. The minimum absolute atomic E-state index is 0.188. The van der Waals surface area contributed by atoms with Gasteiger partial charge in [0.15, 0.2) is 0 Å². The van der Waals surface area contributed by atoms with Gasteiger partial charge < -0.3 is 14.8 Å². The number of nitrogens with one attached hydrogen (secondary N) is 1. The Morgan fingerprint density at radius 1 is 1.26 bits per heavy atom. The van der Waals surface area contributed by atoms with E-state index in [1.807, 2.05) is 18.2 Å². The summed E-state index contributed by atoms with van der Waals surface area (Å²) in [6.07, 6.45) is 2.33. The molecule has 19 heavy (non-hydrogen) atoms. The Labute approximate surface area is 114 Å². The number of Topliss-reactive ketones (excluding diaryl/α,β-unsaturated/α-hetero) is 1. The molecule has 0 bridgehead atoms. The van der Waals surface area contributed by atoms with Crippen LogP contribution in [0.15, 0.2) is 18.2 Å². The van der Waals surface area contributed by atoms with Gasteiger partial charge in [0.2, 0.25) is 0 Å². The number of piperidine rings is 1. The maximum absolute atomic E-state index is 12.3. The van der Waals surface area contributed by atoms with Gasteiger partial charge in [0.1, 0.15) is 17.3 Å². The van der Waals surface area contributed by atoms with Crippen LogP contribution in [0.4, 0.5) is 0 Å². The average molecular weight is 263 g/mol. The van der Waals surface area contributed by atoms with E-state index in [0.717, 1.165) is 43.0 Å². The van der Waals surface area contributed by atoms with Crippen molar-refractivity contribution in [3.63, 3.8) is 0 Å². The van der Waals surface area contributed by atoms with E-state index in [1.54, 1.807) is 14.2 Å². The van der Waals surface area contributed by atoms with E-state index < -0.39 is 0 Å². The molecule has 1 aliphatic rings. The maximum atomic E-state index is 12.3. The van der Waals surface area contributed by atoms with Crippen molar-refractivity contribution in [1.29, 1.82) is 0 Å². The molecule has 4 nitrogen and oxygen atoms in total. The van der Waals surface area contributed by atoms with Crippen molar-refractivity contribution in [2.24, 2.45) is 5.92 Å². The molecule has 0 atom stereocenters. The summed E-state index contributed by atoms with van der Waals surface area (Å²) in [4.78, 5) is 12.3. The van der Waals surface area contributed by atoms with Crippen LogP contribution in [0.2, 0.25) is 0 Å². The fourth-order valence-electron chi connectivity index (χ4n) is 2.47. The second-order valence-electron chi connectivity index (χ2n) is 4.85. The number of carbonyl (C=O) groups excluding carboxylic acids is 1. The molecule has 0 aromatic heterocycles. The van der Waals surface area contributed by atoms with Crippen LogP contribution in [0.3, 0.4) is 0 Å². The third-order valence-electron chi connectivity index (χ3n) is 3.65. The Balaban J connectivity index is 2.07. The highest BCUT2D eigenvalue weighted by atomic mass is 16.5. The number of ether oxygens (including phenoxy) is 2. The normalized spacial score (nSPS) is 16.1. The molecule has 2 rings (SSSR count). The zero-order chi connectivity index (χ0) is 13.7. The van der Waals surface area contributed by atoms with E-state index in [0.29, 0.717) is 12.2 Å². The summed E-state index contributed by atoms with van der Waals surface area (Å²) >= 11 is 0. The average Bonchev–Trinajstić information content (AvgIpc) is 2.48. The summed E-state index contributed by atoms with van der Waals surface area (Å²) in [6.45, 7) is 1.88. The SMILES string of the molecule is COc1ccc(CC(=O)C2CCNCC2)c(OC)c1. The molecule has 1 fully saturated rings. The quantitative estimate of drug-likeness (QED) is 0.880. The lowest BCUT2D eigenvalue weighted by atomic mass is 9.90. The molecule has 0 unspecified atom stereocenters. The number of ketones is 1. The molecular formula is C15H21NO3. The highest BCUT2D eigenvalue weighted by Gasteiger charge is 2.22. The number of rotatable bonds is 5. The topological polar surface area (TPSA) is 47.6 Å². The van der Waals surface area contributed by atoms with Crippen LogP contribution in [0, 0.1) is 5.92 Å². The fraction of sp³-hybridized carbons (Fsp3) is 0.533. The first-order valence-corrected chi connectivity index (χ1v) is 6.69. The molecule has 0 radical (unpaired) electrons. The second kappa shape index (κ2) is 6.57. The predicted molar refractivity (Wildman–Crippen MR) is 73.9 cm³/mol. The number of hydrogen-bond donors (Lipinski definition) is 1. The molecule has 0 spiro atoms. The Bertz CT molecular complexity index is 439. The van der Waals surface area contributed by atoms with Crippen molar-refractivity contribution < 1.29 is 14.3 Å². The van der Waals surface area contributed by atoms with Gasteiger partial charge >= 0.3 is 0 Å². The Morgan fingerprint density at radius 2 is 2.00 bits per heavy atom. The van der Waals surface area contributed by atoms with Crippen LogP contribution in [-0.2, 0) is 11.2 Å². The Hall–Kier alpha value is -1.55. The van der Waals surface area contributed by atoms with E-state index in [-0.39, 0.29) is 5.92 Å². The lowest BCUT2D eigenvalue weighted by Gasteiger charge is -2.21. The molecule has 0 aliphatic carbocycles. The van der Waals surface area contributed by atoms with Gasteiger partial charge in [-0.1, -0.05) is 6.07 Å². The van der Waals surface area contributed by atoms with Crippen LogP contribution in [0.1, 0.15) is 18.4 Å². The number of hydrogen-bond acceptors (Lipinski definition) is 4. The van der Waals surface area contributed by atoms with Gasteiger partial charge in [-0.25, -0.2) is 0 Å². The second-order valence-corrected chi connectivity index (χ2v) is 4.85. The van der Waals surface area contributed by atoms with Crippen LogP contribution in [-0.4, -0.2) is 33.1 Å². The lowest BCUT2D eigenvalue weighted by Crippen LogP contribution is -2.32. The molecule has 1 N–H and O–H groups in total. The minimum atomic E-state index is 0.188. The zero-order valence-electron chi connectivity index (χ0n) is 11.6. The minimum Gasteiger partial charge on any atom is -0.497 e. The summed E-state index contributed by atoms with van der Waals surface area (Å²) < 4.78 is 10.5. The van der Waals surface area contributed by atoms with Crippen molar-refractivity contribution in [2.75, 3.05) is 27.3 Å². The predicted octanol–water partition coefficient (Wildman–Crippen LogP) is 1.81. The number of benzene rings is 1. The number of methoxy groups -OCH3 is 2. The molecule has 1 saturated heterocycles. The summed E-state index contributed by atoms with van der Waals surface area (Å²) in [6, 6.07) is 5.61. The van der Waals surface area contributed by atoms with E-state index in [9.17, 15) is 4.79 Å². The largest absolute Gasteiger partial charge is 0.497 e. The highest BCUT2D eigenvalue weighted by molar-refractivity contribution is 5.84.